The summed E-state index contributed by atoms with van der Waals surface area (Å²) < 4.78 is 26.8. The van der Waals surface area contributed by atoms with Crippen LogP contribution in [0, 0.1) is 0 Å². The normalized spacial score (nSPS) is 11.9. The number of nitrogens with zero attached hydrogens (tertiary/aromatic N) is 1. The van der Waals surface area contributed by atoms with Crippen molar-refractivity contribution in [3.8, 4) is 0 Å². The van der Waals surface area contributed by atoms with Crippen molar-refractivity contribution < 1.29 is 8.42 Å². The quantitative estimate of drug-likeness (QED) is 0.737. The Morgan fingerprint density at radius 2 is 1.45 bits per heavy atom. The molecule has 0 heterocycles. The van der Waals surface area contributed by atoms with Gasteiger partial charge in [0.1, 0.15) is 0 Å². The predicted octanol–water partition coefficient (Wildman–Crippen LogP) is 3.66. The zero-order valence-electron chi connectivity index (χ0n) is 12.3. The Morgan fingerprint density at radius 1 is 0.818 bits per heavy atom. The van der Waals surface area contributed by atoms with Crippen LogP contribution in [0.2, 0.25) is 0 Å². The van der Waals surface area contributed by atoms with Gasteiger partial charge in [0.15, 0.2) is 0 Å². The topological polar surface area (TPSA) is 37.4 Å². The fourth-order valence-electron chi connectivity index (χ4n) is 2.43. The summed E-state index contributed by atoms with van der Waals surface area (Å²) in [4.78, 5) is 0.324. The second-order valence-electron chi connectivity index (χ2n) is 5.26. The van der Waals surface area contributed by atoms with Crippen LogP contribution in [0.3, 0.4) is 0 Å². The van der Waals surface area contributed by atoms with E-state index in [9.17, 15) is 8.42 Å². The fourth-order valence-corrected chi connectivity index (χ4v) is 3.63. The predicted molar refractivity (Wildman–Crippen MR) is 89.0 cm³/mol. The third kappa shape index (κ3) is 2.89. The minimum atomic E-state index is -3.50. The van der Waals surface area contributed by atoms with Gasteiger partial charge in [0.25, 0.3) is 0 Å². The van der Waals surface area contributed by atoms with E-state index < -0.39 is 10.0 Å². The molecule has 22 heavy (non-hydrogen) atoms. The molecule has 0 atom stereocenters. The van der Waals surface area contributed by atoms with Crippen molar-refractivity contribution in [1.29, 1.82) is 0 Å². The van der Waals surface area contributed by atoms with Crippen molar-refractivity contribution in [2.45, 2.75) is 11.4 Å². The molecule has 3 aromatic carbocycles. The molecule has 3 nitrogen and oxygen atoms in total. The first-order chi connectivity index (χ1) is 10.6. The highest BCUT2D eigenvalue weighted by molar-refractivity contribution is 7.89. The van der Waals surface area contributed by atoms with E-state index in [-0.39, 0.29) is 0 Å². The Kier molecular flexibility index (Phi) is 3.96. The van der Waals surface area contributed by atoms with Gasteiger partial charge in [-0.2, -0.15) is 4.31 Å². The molecule has 0 unspecified atom stereocenters. The highest BCUT2D eigenvalue weighted by atomic mass is 32.2. The van der Waals surface area contributed by atoms with Gasteiger partial charge in [-0.1, -0.05) is 60.7 Å². The smallest absolute Gasteiger partial charge is 0.207 e. The van der Waals surface area contributed by atoms with E-state index in [0.717, 1.165) is 16.3 Å². The first kappa shape index (κ1) is 14.8. The van der Waals surface area contributed by atoms with Gasteiger partial charge in [0.2, 0.25) is 10.0 Å². The van der Waals surface area contributed by atoms with Gasteiger partial charge < -0.3 is 0 Å². The molecule has 0 aromatic heterocycles. The summed E-state index contributed by atoms with van der Waals surface area (Å²) in [6.07, 6.45) is 0. The maximum atomic E-state index is 12.7. The van der Waals surface area contributed by atoms with E-state index in [1.54, 1.807) is 19.2 Å². The van der Waals surface area contributed by atoms with Crippen LogP contribution in [-0.4, -0.2) is 19.8 Å². The van der Waals surface area contributed by atoms with Crippen LogP contribution in [0.5, 0.6) is 0 Å². The summed E-state index contributed by atoms with van der Waals surface area (Å²) in [5.41, 5.74) is 0.967. The first-order valence-electron chi connectivity index (χ1n) is 7.06. The van der Waals surface area contributed by atoms with Crippen LogP contribution in [0.25, 0.3) is 10.8 Å². The molecule has 0 saturated heterocycles. The molecule has 0 amide bonds. The molecular formula is C18H17NO2S. The van der Waals surface area contributed by atoms with Crippen molar-refractivity contribution in [3.05, 3.63) is 78.4 Å². The highest BCUT2D eigenvalue weighted by Crippen LogP contribution is 2.22. The van der Waals surface area contributed by atoms with Crippen LogP contribution >= 0.6 is 0 Å². The SMILES string of the molecule is CN(Cc1ccccc1)S(=O)(=O)c1ccc2ccccc2c1. The van der Waals surface area contributed by atoms with E-state index in [4.69, 9.17) is 0 Å². The minimum absolute atomic E-state index is 0.324. The van der Waals surface area contributed by atoms with E-state index in [0.29, 0.717) is 11.4 Å². The number of sulfonamides is 1. The average molecular weight is 311 g/mol. The van der Waals surface area contributed by atoms with Gasteiger partial charge in [-0.05, 0) is 28.5 Å². The summed E-state index contributed by atoms with van der Waals surface area (Å²) in [7, 11) is -1.89. The molecule has 0 fully saturated rings. The maximum Gasteiger partial charge on any atom is 0.243 e. The lowest BCUT2D eigenvalue weighted by atomic mass is 10.1. The molecule has 0 radical (unpaired) electrons. The van der Waals surface area contributed by atoms with E-state index in [1.165, 1.54) is 4.31 Å². The molecule has 0 N–H and O–H groups in total. The number of hydrogen-bond acceptors (Lipinski definition) is 2. The third-order valence-electron chi connectivity index (χ3n) is 3.68. The Hall–Kier alpha value is -2.17. The van der Waals surface area contributed by atoms with Gasteiger partial charge in [0.05, 0.1) is 4.90 Å². The Bertz CT molecular complexity index is 889. The second kappa shape index (κ2) is 5.91. The summed E-state index contributed by atoms with van der Waals surface area (Å²) in [5, 5.41) is 1.96. The molecule has 3 rings (SSSR count). The number of fused-ring (bicyclic) bond motifs is 1. The van der Waals surface area contributed by atoms with Crippen LogP contribution < -0.4 is 0 Å². The number of rotatable bonds is 4. The first-order valence-corrected chi connectivity index (χ1v) is 8.50. The Labute approximate surface area is 130 Å². The monoisotopic (exact) mass is 311 g/mol. The van der Waals surface area contributed by atoms with E-state index in [1.807, 2.05) is 60.7 Å². The summed E-state index contributed by atoms with van der Waals surface area (Å²) in [6, 6.07) is 22.6. The maximum absolute atomic E-state index is 12.7. The second-order valence-corrected chi connectivity index (χ2v) is 7.30. The third-order valence-corrected chi connectivity index (χ3v) is 5.48. The van der Waals surface area contributed by atoms with Crippen molar-refractivity contribution >= 4 is 20.8 Å². The Morgan fingerprint density at radius 3 is 2.18 bits per heavy atom. The summed E-state index contributed by atoms with van der Waals surface area (Å²) in [5.74, 6) is 0. The van der Waals surface area contributed by atoms with Crippen molar-refractivity contribution in [1.82, 2.24) is 4.31 Å². The lowest BCUT2D eigenvalue weighted by Crippen LogP contribution is -2.26. The van der Waals surface area contributed by atoms with Gasteiger partial charge in [0, 0.05) is 13.6 Å². The summed E-state index contributed by atoms with van der Waals surface area (Å²) >= 11 is 0. The molecule has 0 aliphatic carbocycles. The van der Waals surface area contributed by atoms with Crippen LogP contribution in [-0.2, 0) is 16.6 Å². The molecule has 4 heteroatoms. The zero-order chi connectivity index (χ0) is 15.6. The lowest BCUT2D eigenvalue weighted by Gasteiger charge is -2.17. The molecule has 0 saturated carbocycles. The molecule has 0 spiro atoms. The van der Waals surface area contributed by atoms with Crippen molar-refractivity contribution in [3.63, 3.8) is 0 Å². The Balaban J connectivity index is 1.93. The van der Waals surface area contributed by atoms with Gasteiger partial charge >= 0.3 is 0 Å². The van der Waals surface area contributed by atoms with Crippen molar-refractivity contribution in [2.24, 2.45) is 0 Å². The molecular weight excluding hydrogens is 294 g/mol. The zero-order valence-corrected chi connectivity index (χ0v) is 13.1. The lowest BCUT2D eigenvalue weighted by molar-refractivity contribution is 0.467. The van der Waals surface area contributed by atoms with Crippen LogP contribution in [0.1, 0.15) is 5.56 Å². The highest BCUT2D eigenvalue weighted by Gasteiger charge is 2.21. The summed E-state index contributed by atoms with van der Waals surface area (Å²) in [6.45, 7) is 0.357. The molecule has 0 aliphatic heterocycles. The molecule has 0 aliphatic rings. The standard InChI is InChI=1S/C18H17NO2S/c1-19(14-15-7-3-2-4-8-15)22(20,21)18-12-11-16-9-5-6-10-17(16)13-18/h2-13H,14H2,1H3. The van der Waals surface area contributed by atoms with Gasteiger partial charge in [-0.25, -0.2) is 8.42 Å². The largest absolute Gasteiger partial charge is 0.243 e. The van der Waals surface area contributed by atoms with Crippen LogP contribution in [0.15, 0.2) is 77.7 Å². The fraction of sp³-hybridized carbons (Fsp3) is 0.111. The van der Waals surface area contributed by atoms with Gasteiger partial charge in [-0.15, -0.1) is 0 Å². The molecule has 112 valence electrons. The average Bonchev–Trinajstić information content (AvgIpc) is 2.55. The van der Waals surface area contributed by atoms with Gasteiger partial charge in [-0.3, -0.25) is 0 Å². The molecule has 0 bridgehead atoms. The number of benzene rings is 3. The van der Waals surface area contributed by atoms with E-state index in [2.05, 4.69) is 0 Å². The van der Waals surface area contributed by atoms with E-state index >= 15 is 0 Å². The van der Waals surface area contributed by atoms with Crippen molar-refractivity contribution in [2.75, 3.05) is 7.05 Å². The number of hydrogen-bond donors (Lipinski definition) is 0. The molecule has 3 aromatic rings. The van der Waals surface area contributed by atoms with Crippen LogP contribution in [0.4, 0.5) is 0 Å². The minimum Gasteiger partial charge on any atom is -0.207 e.